The highest BCUT2D eigenvalue weighted by atomic mass is 32.1. The van der Waals surface area contributed by atoms with Crippen molar-refractivity contribution in [1.29, 1.82) is 0 Å². The van der Waals surface area contributed by atoms with Crippen molar-refractivity contribution in [2.45, 2.75) is 56.8 Å². The number of hydrogen-bond donors (Lipinski definition) is 0. The zero-order valence-electron chi connectivity index (χ0n) is 19.9. The smallest absolute Gasteiger partial charge is 0.418 e. The first-order chi connectivity index (χ1) is 17.0. The van der Waals surface area contributed by atoms with Gasteiger partial charge in [0, 0.05) is 24.8 Å². The monoisotopic (exact) mass is 522 g/mol. The summed E-state index contributed by atoms with van der Waals surface area (Å²) in [6.07, 6.45) is -0.216. The molecule has 36 heavy (non-hydrogen) atoms. The van der Waals surface area contributed by atoms with Gasteiger partial charge in [-0.1, -0.05) is 0 Å². The molecule has 2 saturated heterocycles. The summed E-state index contributed by atoms with van der Waals surface area (Å²) in [6, 6.07) is 5.33. The minimum absolute atomic E-state index is 0.00813. The van der Waals surface area contributed by atoms with E-state index in [1.807, 2.05) is 7.05 Å². The maximum Gasteiger partial charge on any atom is 0.418 e. The predicted molar refractivity (Wildman–Crippen MR) is 131 cm³/mol. The fourth-order valence-electron chi connectivity index (χ4n) is 5.15. The molecule has 3 fully saturated rings. The Kier molecular flexibility index (Phi) is 6.19. The summed E-state index contributed by atoms with van der Waals surface area (Å²) in [6.45, 7) is 3.05. The highest BCUT2D eigenvalue weighted by molar-refractivity contribution is 7.81. The lowest BCUT2D eigenvalue weighted by molar-refractivity contribution is -0.138. The average molecular weight is 523 g/mol. The second-order valence-electron chi connectivity index (χ2n) is 9.70. The number of thiocarbonyl (C=S) groups is 1. The Morgan fingerprint density at radius 2 is 1.86 bits per heavy atom. The number of aryl methyl sites for hydroxylation is 1. The lowest BCUT2D eigenvalue weighted by atomic mass is 9.75. The van der Waals surface area contributed by atoms with E-state index >= 15 is 4.39 Å². The third-order valence-electron chi connectivity index (χ3n) is 7.36. The van der Waals surface area contributed by atoms with Gasteiger partial charge in [0.1, 0.15) is 17.4 Å². The molecule has 3 aliphatic rings. The molecule has 1 saturated carbocycles. The van der Waals surface area contributed by atoms with E-state index < -0.39 is 29.0 Å². The number of alkyl halides is 3. The maximum atomic E-state index is 15.4. The topological polar surface area (TPSA) is 48.9 Å². The van der Waals surface area contributed by atoms with Gasteiger partial charge in [0.15, 0.2) is 10.9 Å². The number of piperidine rings is 1. The van der Waals surface area contributed by atoms with Crippen LogP contribution in [0.5, 0.6) is 5.75 Å². The van der Waals surface area contributed by atoms with Crippen LogP contribution < -0.4 is 14.5 Å². The number of nitrogens with zero attached hydrogens (tertiary/aromatic N) is 4. The van der Waals surface area contributed by atoms with E-state index in [9.17, 15) is 18.0 Å². The van der Waals surface area contributed by atoms with Gasteiger partial charge in [-0.05, 0) is 76.5 Å². The summed E-state index contributed by atoms with van der Waals surface area (Å²) in [7, 11) is 2.04. The number of halogens is 4. The Morgan fingerprint density at radius 3 is 2.44 bits per heavy atom. The van der Waals surface area contributed by atoms with Crippen LogP contribution in [0.1, 0.15) is 43.4 Å². The summed E-state index contributed by atoms with van der Waals surface area (Å²) in [5, 5.41) is -0.0682. The summed E-state index contributed by atoms with van der Waals surface area (Å²) in [5.74, 6) is -0.690. The third kappa shape index (κ3) is 4.11. The predicted octanol–water partition coefficient (Wildman–Crippen LogP) is 5.08. The van der Waals surface area contributed by atoms with Crippen molar-refractivity contribution in [2.24, 2.45) is 0 Å². The first-order valence-corrected chi connectivity index (χ1v) is 12.3. The van der Waals surface area contributed by atoms with E-state index in [-0.39, 0.29) is 28.3 Å². The highest BCUT2D eigenvalue weighted by Crippen LogP contribution is 2.49. The lowest BCUT2D eigenvalue weighted by Crippen LogP contribution is -2.55. The van der Waals surface area contributed by atoms with Crippen molar-refractivity contribution in [3.05, 3.63) is 47.5 Å². The lowest BCUT2D eigenvalue weighted by Gasteiger charge is -2.43. The van der Waals surface area contributed by atoms with Crippen LogP contribution in [-0.2, 0) is 11.0 Å². The molecule has 0 bridgehead atoms. The molecule has 0 unspecified atom stereocenters. The fraction of sp³-hybridized carbons (Fsp3) is 0.480. The van der Waals surface area contributed by atoms with Crippen LogP contribution in [0, 0.1) is 12.7 Å². The van der Waals surface area contributed by atoms with Gasteiger partial charge in [-0.2, -0.15) is 13.2 Å². The van der Waals surface area contributed by atoms with Crippen LogP contribution in [0.15, 0.2) is 30.5 Å². The second kappa shape index (κ2) is 8.95. The zero-order valence-corrected chi connectivity index (χ0v) is 20.8. The van der Waals surface area contributed by atoms with Gasteiger partial charge < -0.3 is 14.5 Å². The molecule has 1 spiro atoms. The van der Waals surface area contributed by atoms with Crippen LogP contribution >= 0.6 is 12.2 Å². The summed E-state index contributed by atoms with van der Waals surface area (Å²) >= 11 is 5.58. The minimum Gasteiger partial charge on any atom is -0.490 e. The highest BCUT2D eigenvalue weighted by Gasteiger charge is 2.60. The van der Waals surface area contributed by atoms with Gasteiger partial charge in [0.25, 0.3) is 5.91 Å². The molecular formula is C25H26F4N4O2S. The van der Waals surface area contributed by atoms with Crippen molar-refractivity contribution in [1.82, 2.24) is 9.88 Å². The van der Waals surface area contributed by atoms with E-state index in [0.29, 0.717) is 18.6 Å². The Hall–Kier alpha value is -2.79. The van der Waals surface area contributed by atoms with Gasteiger partial charge in [-0.25, -0.2) is 4.39 Å². The average Bonchev–Trinajstić information content (AvgIpc) is 3.02. The normalized spacial score (nSPS) is 20.8. The Balaban J connectivity index is 1.46. The third-order valence-corrected chi connectivity index (χ3v) is 7.72. The van der Waals surface area contributed by atoms with E-state index in [1.54, 1.807) is 6.07 Å². The van der Waals surface area contributed by atoms with Gasteiger partial charge in [0.05, 0.1) is 23.1 Å². The number of ether oxygens (including phenoxy) is 1. The first kappa shape index (κ1) is 24.9. The summed E-state index contributed by atoms with van der Waals surface area (Å²) < 4.78 is 61.9. The van der Waals surface area contributed by atoms with E-state index in [2.05, 4.69) is 9.88 Å². The zero-order chi connectivity index (χ0) is 25.8. The van der Waals surface area contributed by atoms with Crippen molar-refractivity contribution >= 4 is 34.6 Å². The number of aromatic nitrogens is 1. The van der Waals surface area contributed by atoms with E-state index in [1.165, 1.54) is 30.2 Å². The summed E-state index contributed by atoms with van der Waals surface area (Å²) in [4.78, 5) is 22.1. The molecule has 6 nitrogen and oxygen atoms in total. The molecule has 2 aliphatic heterocycles. The molecule has 0 atom stereocenters. The molecule has 1 aromatic heterocycles. The van der Waals surface area contributed by atoms with Crippen LogP contribution in [-0.4, -0.2) is 52.7 Å². The fourth-order valence-corrected chi connectivity index (χ4v) is 5.61. The van der Waals surface area contributed by atoms with Crippen LogP contribution in [0.2, 0.25) is 0 Å². The van der Waals surface area contributed by atoms with Gasteiger partial charge in [-0.15, -0.1) is 0 Å². The van der Waals surface area contributed by atoms with Crippen LogP contribution in [0.3, 0.4) is 0 Å². The number of rotatable bonds is 4. The second-order valence-corrected chi connectivity index (χ2v) is 10.1. The number of benzene rings is 1. The van der Waals surface area contributed by atoms with Gasteiger partial charge in [0.2, 0.25) is 0 Å². The molecule has 1 aromatic carbocycles. The molecule has 1 aliphatic carbocycles. The molecule has 0 N–H and O–H groups in total. The number of anilines is 2. The van der Waals surface area contributed by atoms with Crippen LogP contribution in [0.4, 0.5) is 28.9 Å². The number of likely N-dealkylation sites (tertiary alicyclic amines) is 1. The molecular weight excluding hydrogens is 496 g/mol. The molecule has 2 aromatic rings. The summed E-state index contributed by atoms with van der Waals surface area (Å²) in [5.41, 5.74) is -2.26. The Bertz CT molecular complexity index is 1210. The van der Waals surface area contributed by atoms with Gasteiger partial charge in [-0.3, -0.25) is 14.7 Å². The Labute approximate surface area is 211 Å². The van der Waals surface area contributed by atoms with Crippen molar-refractivity contribution in [2.75, 3.05) is 29.9 Å². The number of carbonyl (C=O) groups excluding carboxylic acids is 1. The van der Waals surface area contributed by atoms with E-state index in [0.717, 1.165) is 43.3 Å². The quantitative estimate of drug-likeness (QED) is 0.412. The SMILES string of the molecule is Cc1ncc(N2C(=O)C3(CCC3)N(c3ccc(OC4CCN(C)CC4)cc3F)C2=S)cc1C(F)(F)F. The number of pyridine rings is 1. The Morgan fingerprint density at radius 1 is 1.17 bits per heavy atom. The van der Waals surface area contributed by atoms with E-state index in [4.69, 9.17) is 17.0 Å². The number of amides is 1. The molecule has 3 heterocycles. The molecule has 11 heteroatoms. The maximum absolute atomic E-state index is 15.4. The van der Waals surface area contributed by atoms with Crippen LogP contribution in [0.25, 0.3) is 0 Å². The number of hydrogen-bond acceptors (Lipinski definition) is 5. The molecule has 5 rings (SSSR count). The van der Waals surface area contributed by atoms with Crippen molar-refractivity contribution in [3.63, 3.8) is 0 Å². The largest absolute Gasteiger partial charge is 0.490 e. The van der Waals surface area contributed by atoms with Gasteiger partial charge >= 0.3 is 6.18 Å². The molecule has 0 radical (unpaired) electrons. The minimum atomic E-state index is -4.64. The first-order valence-electron chi connectivity index (χ1n) is 11.9. The molecule has 1 amide bonds. The standard InChI is InChI=1S/C25H26F4N4O2S/c1-15-19(25(27,28)29)12-16(14-30-15)32-22(34)24(8-3-9-24)33(23(32)36)21-5-4-18(13-20(21)26)35-17-6-10-31(2)11-7-17/h4-5,12-14,17H,3,6-11H2,1-2H3. The number of carbonyl (C=O) groups is 1. The molecule has 192 valence electrons. The van der Waals surface area contributed by atoms with Crippen molar-refractivity contribution < 1.29 is 27.1 Å². The van der Waals surface area contributed by atoms with Crippen molar-refractivity contribution in [3.8, 4) is 5.75 Å².